The first-order valence-electron chi connectivity index (χ1n) is 9.85. The Bertz CT molecular complexity index is 1240. The monoisotopic (exact) mass is 451 g/mol. The quantitative estimate of drug-likeness (QED) is 0.549. The molecule has 3 heterocycles. The zero-order chi connectivity index (χ0) is 22.6. The first-order chi connectivity index (χ1) is 15.4. The zero-order valence-electron chi connectivity index (χ0n) is 17.3. The number of hydrogen-bond donors (Lipinski definition) is 1. The lowest BCUT2D eigenvalue weighted by Crippen LogP contribution is -2.29. The lowest BCUT2D eigenvalue weighted by Gasteiger charge is -2.16. The van der Waals surface area contributed by atoms with E-state index in [1.165, 1.54) is 18.3 Å². The van der Waals surface area contributed by atoms with E-state index in [0.29, 0.717) is 13.1 Å². The van der Waals surface area contributed by atoms with Gasteiger partial charge in [-0.3, -0.25) is 14.5 Å². The van der Waals surface area contributed by atoms with E-state index >= 15 is 0 Å². The maximum Gasteiger partial charge on any atom is 0.274 e. The Kier molecular flexibility index (Phi) is 6.13. The van der Waals surface area contributed by atoms with Gasteiger partial charge >= 0.3 is 0 Å². The lowest BCUT2D eigenvalue weighted by atomic mass is 10.2. The standard InChI is InChI=1S/C22H21N5O4S/c1-16-6-8-18(9-7-16)32(29,30)26-20-21(31-15-17-5-4-10-23-13-17)25-19(14-24-20)22(28)27-11-2-3-12-27/h2-10,13-14H,11-12,15H2,1H3,(H,24,26). The molecule has 0 radical (unpaired) electrons. The highest BCUT2D eigenvalue weighted by atomic mass is 32.2. The molecule has 0 saturated carbocycles. The molecule has 10 heteroatoms. The molecule has 1 aromatic carbocycles. The molecule has 1 aliphatic heterocycles. The Morgan fingerprint density at radius 3 is 2.56 bits per heavy atom. The summed E-state index contributed by atoms with van der Waals surface area (Å²) in [6, 6.07) is 9.96. The van der Waals surface area contributed by atoms with Crippen LogP contribution in [0, 0.1) is 6.92 Å². The van der Waals surface area contributed by atoms with E-state index < -0.39 is 10.0 Å². The van der Waals surface area contributed by atoms with Crippen LogP contribution in [-0.2, 0) is 16.6 Å². The van der Waals surface area contributed by atoms with Crippen LogP contribution in [0.4, 0.5) is 5.82 Å². The molecule has 0 aliphatic carbocycles. The van der Waals surface area contributed by atoms with Crippen molar-refractivity contribution in [1.29, 1.82) is 0 Å². The van der Waals surface area contributed by atoms with Crippen molar-refractivity contribution in [2.75, 3.05) is 17.8 Å². The van der Waals surface area contributed by atoms with Crippen molar-refractivity contribution < 1.29 is 17.9 Å². The van der Waals surface area contributed by atoms with Crippen LogP contribution in [0.2, 0.25) is 0 Å². The number of anilines is 1. The minimum absolute atomic E-state index is 0.0631. The number of nitrogens with zero attached hydrogens (tertiary/aromatic N) is 4. The molecule has 2 aromatic heterocycles. The summed E-state index contributed by atoms with van der Waals surface area (Å²) in [5.74, 6) is -0.519. The molecule has 0 unspecified atom stereocenters. The fourth-order valence-corrected chi connectivity index (χ4v) is 4.00. The molecular formula is C22H21N5O4S. The average Bonchev–Trinajstić information content (AvgIpc) is 3.34. The second-order valence-electron chi connectivity index (χ2n) is 7.16. The Morgan fingerprint density at radius 1 is 1.12 bits per heavy atom. The van der Waals surface area contributed by atoms with E-state index in [4.69, 9.17) is 4.74 Å². The van der Waals surface area contributed by atoms with Crippen LogP contribution in [0.5, 0.6) is 5.88 Å². The SMILES string of the molecule is Cc1ccc(S(=O)(=O)Nc2ncc(C(=O)N3CC=CC3)nc2OCc2cccnc2)cc1. The molecule has 1 N–H and O–H groups in total. The van der Waals surface area contributed by atoms with Crippen LogP contribution in [0.25, 0.3) is 0 Å². The predicted octanol–water partition coefficient (Wildman–Crippen LogP) is 2.57. The minimum Gasteiger partial charge on any atom is -0.470 e. The van der Waals surface area contributed by atoms with Crippen LogP contribution < -0.4 is 9.46 Å². The molecule has 4 rings (SSSR count). The predicted molar refractivity (Wildman–Crippen MR) is 118 cm³/mol. The van der Waals surface area contributed by atoms with Gasteiger partial charge in [0.25, 0.3) is 21.8 Å². The molecule has 1 aliphatic rings. The summed E-state index contributed by atoms with van der Waals surface area (Å²) in [5, 5.41) is 0. The molecule has 3 aromatic rings. The number of hydrogen-bond acceptors (Lipinski definition) is 7. The maximum absolute atomic E-state index is 12.8. The molecule has 0 bridgehead atoms. The van der Waals surface area contributed by atoms with Crippen molar-refractivity contribution >= 4 is 21.7 Å². The van der Waals surface area contributed by atoms with Gasteiger partial charge in [0.15, 0.2) is 5.69 Å². The number of pyridine rings is 1. The topological polar surface area (TPSA) is 114 Å². The third kappa shape index (κ3) is 4.92. The summed E-state index contributed by atoms with van der Waals surface area (Å²) in [5.41, 5.74) is 1.75. The normalized spacial score (nSPS) is 13.2. The number of carbonyl (C=O) groups is 1. The molecule has 0 saturated heterocycles. The Hall–Kier alpha value is -3.79. The fourth-order valence-electron chi connectivity index (χ4n) is 2.99. The minimum atomic E-state index is -3.93. The lowest BCUT2D eigenvalue weighted by molar-refractivity contribution is 0.0792. The molecule has 0 atom stereocenters. The van der Waals surface area contributed by atoms with E-state index in [9.17, 15) is 13.2 Å². The molecule has 164 valence electrons. The number of aromatic nitrogens is 3. The van der Waals surface area contributed by atoms with Crippen molar-refractivity contribution in [3.8, 4) is 5.88 Å². The van der Waals surface area contributed by atoms with Gasteiger partial charge in [0.1, 0.15) is 6.61 Å². The third-order valence-electron chi connectivity index (χ3n) is 4.73. The van der Waals surface area contributed by atoms with Gasteiger partial charge in [-0.1, -0.05) is 35.9 Å². The van der Waals surface area contributed by atoms with Crippen LogP contribution in [0.1, 0.15) is 21.6 Å². The van der Waals surface area contributed by atoms with E-state index in [-0.39, 0.29) is 34.8 Å². The summed E-state index contributed by atoms with van der Waals surface area (Å²) in [4.78, 5) is 26.8. The Morgan fingerprint density at radius 2 is 1.88 bits per heavy atom. The second kappa shape index (κ2) is 9.15. The van der Waals surface area contributed by atoms with E-state index in [1.54, 1.807) is 35.5 Å². The number of rotatable bonds is 7. The van der Waals surface area contributed by atoms with Gasteiger partial charge in [0.2, 0.25) is 5.82 Å². The average molecular weight is 452 g/mol. The summed E-state index contributed by atoms with van der Waals surface area (Å²) >= 11 is 0. The van der Waals surface area contributed by atoms with Gasteiger partial charge in [-0.2, -0.15) is 0 Å². The number of sulfonamides is 1. The zero-order valence-corrected chi connectivity index (χ0v) is 18.1. The first kappa shape index (κ1) is 21.4. The highest BCUT2D eigenvalue weighted by Crippen LogP contribution is 2.24. The first-order valence-corrected chi connectivity index (χ1v) is 11.3. The number of ether oxygens (including phenoxy) is 1. The van der Waals surface area contributed by atoms with Gasteiger partial charge in [-0.25, -0.2) is 18.4 Å². The van der Waals surface area contributed by atoms with Gasteiger partial charge in [0.05, 0.1) is 11.1 Å². The van der Waals surface area contributed by atoms with Crippen molar-refractivity contribution in [2.24, 2.45) is 0 Å². The number of carbonyl (C=O) groups excluding carboxylic acids is 1. The van der Waals surface area contributed by atoms with E-state index in [1.807, 2.05) is 25.1 Å². The van der Waals surface area contributed by atoms with Gasteiger partial charge < -0.3 is 9.64 Å². The van der Waals surface area contributed by atoms with Crippen molar-refractivity contribution in [3.05, 3.63) is 84.0 Å². The van der Waals surface area contributed by atoms with E-state index in [2.05, 4.69) is 19.7 Å². The van der Waals surface area contributed by atoms with Crippen molar-refractivity contribution in [1.82, 2.24) is 19.9 Å². The second-order valence-corrected chi connectivity index (χ2v) is 8.84. The number of nitrogens with one attached hydrogen (secondary N) is 1. The number of benzene rings is 1. The Labute approximate surface area is 185 Å². The van der Waals surface area contributed by atoms with Crippen molar-refractivity contribution in [2.45, 2.75) is 18.4 Å². The van der Waals surface area contributed by atoms with Crippen molar-refractivity contribution in [3.63, 3.8) is 0 Å². The molecule has 9 nitrogen and oxygen atoms in total. The van der Waals surface area contributed by atoms with Crippen LogP contribution in [0.15, 0.2) is 72.0 Å². The summed E-state index contributed by atoms with van der Waals surface area (Å²) < 4.78 is 33.8. The number of amides is 1. The highest BCUT2D eigenvalue weighted by Gasteiger charge is 2.23. The molecule has 1 amide bonds. The van der Waals surface area contributed by atoms with Gasteiger partial charge in [-0.15, -0.1) is 0 Å². The van der Waals surface area contributed by atoms with Crippen LogP contribution >= 0.6 is 0 Å². The molecular weight excluding hydrogens is 430 g/mol. The highest BCUT2D eigenvalue weighted by molar-refractivity contribution is 7.92. The van der Waals surface area contributed by atoms with Crippen LogP contribution in [0.3, 0.4) is 0 Å². The van der Waals surface area contributed by atoms with Gasteiger partial charge in [-0.05, 0) is 25.1 Å². The molecule has 0 fully saturated rings. The molecule has 32 heavy (non-hydrogen) atoms. The third-order valence-corrected chi connectivity index (χ3v) is 6.08. The summed E-state index contributed by atoms with van der Waals surface area (Å²) in [7, 11) is -3.93. The molecule has 0 spiro atoms. The number of aryl methyl sites for hydroxylation is 1. The maximum atomic E-state index is 12.8. The van der Waals surface area contributed by atoms with Gasteiger partial charge in [0, 0.05) is 31.0 Å². The summed E-state index contributed by atoms with van der Waals surface area (Å²) in [6.45, 7) is 2.90. The Balaban J connectivity index is 1.63. The summed E-state index contributed by atoms with van der Waals surface area (Å²) in [6.07, 6.45) is 8.26. The smallest absolute Gasteiger partial charge is 0.274 e. The van der Waals surface area contributed by atoms with E-state index in [0.717, 1.165) is 11.1 Å². The van der Waals surface area contributed by atoms with Crippen LogP contribution in [-0.4, -0.2) is 47.3 Å². The largest absolute Gasteiger partial charge is 0.470 e. The fraction of sp³-hybridized carbons (Fsp3) is 0.182.